The molecule has 1 N–H and O–H groups in total. The van der Waals surface area contributed by atoms with Gasteiger partial charge < -0.3 is 24.4 Å². The lowest BCUT2D eigenvalue weighted by molar-refractivity contribution is -0.133. The van der Waals surface area contributed by atoms with Gasteiger partial charge in [0.15, 0.2) is 0 Å². The Hall–Kier alpha value is -4.59. The highest BCUT2D eigenvalue weighted by atomic mass is 19.1. The number of carbonyl (C=O) groups is 2. The molecule has 0 atom stereocenters. The number of rotatable bonds is 12. The van der Waals surface area contributed by atoms with Gasteiger partial charge in [-0.3, -0.25) is 4.79 Å². The molecule has 0 unspecified atom stereocenters. The van der Waals surface area contributed by atoms with Crippen molar-refractivity contribution in [1.82, 2.24) is 14.4 Å². The summed E-state index contributed by atoms with van der Waals surface area (Å²) < 4.78 is 21.2. The van der Waals surface area contributed by atoms with Crippen molar-refractivity contribution in [3.05, 3.63) is 120 Å². The Morgan fingerprint density at radius 2 is 1.63 bits per heavy atom. The second-order valence-electron chi connectivity index (χ2n) is 10.4. The van der Waals surface area contributed by atoms with Gasteiger partial charge >= 0.3 is 6.03 Å². The maximum absolute atomic E-state index is 13.8. The lowest BCUT2D eigenvalue weighted by Crippen LogP contribution is -2.45. The van der Waals surface area contributed by atoms with E-state index in [1.54, 1.807) is 18.1 Å². The van der Waals surface area contributed by atoms with E-state index in [-0.39, 0.29) is 18.4 Å². The van der Waals surface area contributed by atoms with Crippen LogP contribution in [-0.4, -0.2) is 46.5 Å². The van der Waals surface area contributed by atoms with Crippen LogP contribution in [0.15, 0.2) is 97.2 Å². The number of halogens is 1. The van der Waals surface area contributed by atoms with Gasteiger partial charge in [-0.1, -0.05) is 62.4 Å². The van der Waals surface area contributed by atoms with Crippen LogP contribution in [0, 0.1) is 11.7 Å². The van der Waals surface area contributed by atoms with Crippen LogP contribution < -0.4 is 10.1 Å². The minimum Gasteiger partial charge on any atom is -0.497 e. The number of carbonyl (C=O) groups excluding carboxylic acids is 2. The van der Waals surface area contributed by atoms with E-state index in [2.05, 4.69) is 9.88 Å². The van der Waals surface area contributed by atoms with Crippen molar-refractivity contribution in [1.29, 1.82) is 0 Å². The second kappa shape index (κ2) is 14.2. The molecule has 0 radical (unpaired) electrons. The molecule has 3 aromatic carbocycles. The van der Waals surface area contributed by atoms with Gasteiger partial charge in [0.2, 0.25) is 5.91 Å². The van der Waals surface area contributed by atoms with Crippen LogP contribution in [0.4, 0.5) is 14.9 Å². The standard InChI is InChI=1S/C33H37FN4O3/c1-25(2)20-38(33(40)35-29-14-8-13-28(34)19-29)24-32(39)37(21-26-10-5-4-6-11-26)23-30-15-9-17-36(30)22-27-12-7-16-31(18-27)41-3/h4-19,25H,20-24H2,1-3H3,(H,35,40). The quantitative estimate of drug-likeness (QED) is 0.220. The molecule has 1 aromatic heterocycles. The van der Waals surface area contributed by atoms with Gasteiger partial charge in [-0.15, -0.1) is 0 Å². The molecule has 0 saturated carbocycles. The minimum absolute atomic E-state index is 0.108. The minimum atomic E-state index is -0.446. The van der Waals surface area contributed by atoms with Gasteiger partial charge in [0, 0.05) is 37.2 Å². The highest BCUT2D eigenvalue weighted by Gasteiger charge is 2.23. The summed E-state index contributed by atoms with van der Waals surface area (Å²) in [5, 5.41) is 2.74. The molecule has 0 aliphatic rings. The third-order valence-electron chi connectivity index (χ3n) is 6.61. The van der Waals surface area contributed by atoms with Crippen LogP contribution in [0.3, 0.4) is 0 Å². The van der Waals surface area contributed by atoms with Crippen molar-refractivity contribution >= 4 is 17.6 Å². The topological polar surface area (TPSA) is 66.8 Å². The summed E-state index contributed by atoms with van der Waals surface area (Å²) in [5.74, 6) is 0.292. The third kappa shape index (κ3) is 8.70. The van der Waals surface area contributed by atoms with Crippen molar-refractivity contribution in [3.8, 4) is 5.75 Å². The number of amides is 3. The van der Waals surface area contributed by atoms with Crippen molar-refractivity contribution in [3.63, 3.8) is 0 Å². The van der Waals surface area contributed by atoms with E-state index in [9.17, 15) is 14.0 Å². The van der Waals surface area contributed by atoms with Crippen LogP contribution in [-0.2, 0) is 24.4 Å². The van der Waals surface area contributed by atoms with Gasteiger partial charge in [0.25, 0.3) is 0 Å². The zero-order chi connectivity index (χ0) is 29.2. The molecule has 4 rings (SSSR count). The van der Waals surface area contributed by atoms with Gasteiger partial charge in [-0.05, 0) is 59.5 Å². The summed E-state index contributed by atoms with van der Waals surface area (Å²) >= 11 is 0. The Kier molecular flexibility index (Phi) is 10.2. The molecule has 0 aliphatic carbocycles. The molecular weight excluding hydrogens is 519 g/mol. The molecular formula is C33H37FN4O3. The van der Waals surface area contributed by atoms with Gasteiger partial charge in [-0.2, -0.15) is 0 Å². The lowest BCUT2D eigenvalue weighted by Gasteiger charge is -2.29. The highest BCUT2D eigenvalue weighted by molar-refractivity contribution is 5.92. The predicted molar refractivity (Wildman–Crippen MR) is 159 cm³/mol. The number of methoxy groups -OCH3 is 1. The first-order chi connectivity index (χ1) is 19.8. The summed E-state index contributed by atoms with van der Waals surface area (Å²) in [4.78, 5) is 30.3. The zero-order valence-electron chi connectivity index (χ0n) is 23.8. The largest absolute Gasteiger partial charge is 0.497 e. The van der Waals surface area contributed by atoms with E-state index < -0.39 is 11.8 Å². The Balaban J connectivity index is 1.54. The maximum Gasteiger partial charge on any atom is 0.322 e. The molecule has 41 heavy (non-hydrogen) atoms. The number of ether oxygens (including phenoxy) is 1. The monoisotopic (exact) mass is 556 g/mol. The van der Waals surface area contributed by atoms with Gasteiger partial charge in [-0.25, -0.2) is 9.18 Å². The number of anilines is 1. The predicted octanol–water partition coefficient (Wildman–Crippen LogP) is 6.40. The second-order valence-corrected chi connectivity index (χ2v) is 10.4. The number of aromatic nitrogens is 1. The van der Waals surface area contributed by atoms with E-state index in [1.807, 2.05) is 86.8 Å². The Morgan fingerprint density at radius 1 is 0.878 bits per heavy atom. The van der Waals surface area contributed by atoms with Crippen LogP contribution in [0.25, 0.3) is 0 Å². The number of urea groups is 1. The SMILES string of the molecule is COc1cccc(Cn2cccc2CN(Cc2ccccc2)C(=O)CN(CC(C)C)C(=O)Nc2cccc(F)c2)c1. The van der Waals surface area contributed by atoms with Crippen LogP contribution in [0.2, 0.25) is 0 Å². The Morgan fingerprint density at radius 3 is 2.37 bits per heavy atom. The number of benzene rings is 3. The van der Waals surface area contributed by atoms with Gasteiger partial charge in [0.05, 0.1) is 13.7 Å². The molecule has 0 spiro atoms. The van der Waals surface area contributed by atoms with Crippen molar-refractivity contribution in [2.24, 2.45) is 5.92 Å². The van der Waals surface area contributed by atoms with E-state index in [1.165, 1.54) is 23.1 Å². The number of hydrogen-bond acceptors (Lipinski definition) is 3. The van der Waals surface area contributed by atoms with Crippen LogP contribution in [0.5, 0.6) is 5.75 Å². The zero-order valence-corrected chi connectivity index (χ0v) is 23.8. The lowest BCUT2D eigenvalue weighted by atomic mass is 10.2. The first-order valence-corrected chi connectivity index (χ1v) is 13.7. The van der Waals surface area contributed by atoms with Crippen molar-refractivity contribution < 1.29 is 18.7 Å². The molecule has 1 heterocycles. The van der Waals surface area contributed by atoms with Crippen molar-refractivity contribution in [2.45, 2.75) is 33.5 Å². The highest BCUT2D eigenvalue weighted by Crippen LogP contribution is 2.18. The van der Waals surface area contributed by atoms with Crippen molar-refractivity contribution in [2.75, 3.05) is 25.5 Å². The van der Waals surface area contributed by atoms with E-state index in [0.29, 0.717) is 31.9 Å². The van der Waals surface area contributed by atoms with Crippen LogP contribution >= 0.6 is 0 Å². The number of nitrogens with zero attached hydrogens (tertiary/aromatic N) is 3. The molecule has 8 heteroatoms. The van der Waals surface area contributed by atoms with E-state index in [0.717, 1.165) is 22.6 Å². The summed E-state index contributed by atoms with van der Waals surface area (Å²) in [5.41, 5.74) is 3.38. The normalized spacial score (nSPS) is 10.9. The van der Waals surface area contributed by atoms with E-state index >= 15 is 0 Å². The first kappa shape index (κ1) is 29.4. The number of nitrogens with one attached hydrogen (secondary N) is 1. The average molecular weight is 557 g/mol. The maximum atomic E-state index is 13.8. The van der Waals surface area contributed by atoms with Crippen LogP contribution in [0.1, 0.15) is 30.7 Å². The average Bonchev–Trinajstić information content (AvgIpc) is 3.38. The first-order valence-electron chi connectivity index (χ1n) is 13.7. The molecule has 0 fully saturated rings. The molecule has 3 amide bonds. The smallest absolute Gasteiger partial charge is 0.322 e. The molecule has 4 aromatic rings. The Bertz CT molecular complexity index is 1440. The fourth-order valence-corrected chi connectivity index (χ4v) is 4.64. The molecule has 0 bridgehead atoms. The fraction of sp³-hybridized carbons (Fsp3) is 0.273. The summed E-state index contributed by atoms with van der Waals surface area (Å²) in [6.07, 6.45) is 2.00. The Labute approximate surface area is 241 Å². The van der Waals surface area contributed by atoms with E-state index in [4.69, 9.17) is 4.74 Å². The summed E-state index contributed by atoms with van der Waals surface area (Å²) in [6, 6.07) is 27.0. The number of hydrogen-bond donors (Lipinski definition) is 1. The molecule has 0 aliphatic heterocycles. The fourth-order valence-electron chi connectivity index (χ4n) is 4.64. The summed E-state index contributed by atoms with van der Waals surface area (Å²) in [7, 11) is 1.65. The molecule has 0 saturated heterocycles. The van der Waals surface area contributed by atoms with Gasteiger partial charge in [0.1, 0.15) is 18.1 Å². The molecule has 214 valence electrons. The third-order valence-corrected chi connectivity index (χ3v) is 6.61. The summed E-state index contributed by atoms with van der Waals surface area (Å²) in [6.45, 7) is 5.63. The molecule has 7 nitrogen and oxygen atoms in total.